The lowest BCUT2D eigenvalue weighted by Crippen LogP contribution is -2.30. The van der Waals surface area contributed by atoms with Crippen LogP contribution in [0.1, 0.15) is 13.3 Å². The van der Waals surface area contributed by atoms with E-state index in [0.717, 1.165) is 0 Å². The van der Waals surface area contributed by atoms with Crippen LogP contribution in [-0.2, 0) is 20.9 Å². The molecule has 0 radical (unpaired) electrons. The number of para-hydroxylation sites is 2. The van der Waals surface area contributed by atoms with Crippen LogP contribution in [0.25, 0.3) is 11.1 Å². The summed E-state index contributed by atoms with van der Waals surface area (Å²) >= 11 is 5.73. The van der Waals surface area contributed by atoms with Crippen molar-refractivity contribution in [1.82, 2.24) is 9.55 Å². The summed E-state index contributed by atoms with van der Waals surface area (Å²) in [5.41, 5.74) is 1.04. The first kappa shape index (κ1) is 18.7. The topological polar surface area (TPSA) is 103 Å². The van der Waals surface area contributed by atoms with Crippen LogP contribution in [0.4, 0.5) is 5.82 Å². The number of pyridine rings is 1. The summed E-state index contributed by atoms with van der Waals surface area (Å²) in [6.07, 6.45) is 0.286. The number of benzene rings is 1. The Labute approximate surface area is 158 Å². The molecule has 140 valence electrons. The van der Waals surface area contributed by atoms with Crippen molar-refractivity contribution in [3.63, 3.8) is 0 Å². The number of fused-ring (bicyclic) bond motifs is 1. The average molecular weight is 390 g/mol. The fraction of sp³-hybridized carbons (Fsp3) is 0.222. The molecule has 0 unspecified atom stereocenters. The number of aryl methyl sites for hydroxylation is 1. The smallest absolute Gasteiger partial charge is 0.419 e. The number of carbonyl (C=O) groups excluding carboxylic acids is 2. The minimum absolute atomic E-state index is 0.0831. The third-order valence-electron chi connectivity index (χ3n) is 3.77. The van der Waals surface area contributed by atoms with E-state index >= 15 is 0 Å². The highest BCUT2D eigenvalue weighted by Gasteiger charge is 2.19. The number of ether oxygens (including phenoxy) is 1. The number of carbonyl (C=O) groups is 2. The number of nitrogens with one attached hydrogen (secondary N) is 1. The van der Waals surface area contributed by atoms with Crippen molar-refractivity contribution in [3.05, 3.63) is 58.2 Å². The van der Waals surface area contributed by atoms with Gasteiger partial charge in [-0.25, -0.2) is 9.78 Å². The van der Waals surface area contributed by atoms with Crippen LogP contribution in [0.15, 0.2) is 51.8 Å². The van der Waals surface area contributed by atoms with Gasteiger partial charge in [0.1, 0.15) is 5.82 Å². The third kappa shape index (κ3) is 4.53. The van der Waals surface area contributed by atoms with Crippen molar-refractivity contribution < 1.29 is 18.7 Å². The zero-order valence-electron chi connectivity index (χ0n) is 14.3. The summed E-state index contributed by atoms with van der Waals surface area (Å²) in [5, 5.41) is 2.96. The number of rotatable bonds is 6. The quantitative estimate of drug-likeness (QED) is 0.650. The van der Waals surface area contributed by atoms with Crippen LogP contribution in [0.3, 0.4) is 0 Å². The third-order valence-corrected chi connectivity index (χ3v) is 3.99. The number of anilines is 1. The molecular weight excluding hydrogens is 374 g/mol. The van der Waals surface area contributed by atoms with E-state index in [9.17, 15) is 14.4 Å². The molecule has 8 nitrogen and oxygen atoms in total. The fourth-order valence-corrected chi connectivity index (χ4v) is 2.53. The predicted octanol–water partition coefficient (Wildman–Crippen LogP) is 2.60. The van der Waals surface area contributed by atoms with E-state index in [1.807, 2.05) is 0 Å². The molecule has 0 aliphatic carbocycles. The number of nitrogens with zero attached hydrogens (tertiary/aromatic N) is 2. The molecule has 0 aliphatic heterocycles. The second-order valence-electron chi connectivity index (χ2n) is 5.72. The van der Waals surface area contributed by atoms with Crippen molar-refractivity contribution in [2.75, 3.05) is 5.32 Å². The van der Waals surface area contributed by atoms with Gasteiger partial charge < -0.3 is 14.5 Å². The Bertz CT molecular complexity index is 1030. The summed E-state index contributed by atoms with van der Waals surface area (Å²) in [4.78, 5) is 39.9. The highest BCUT2D eigenvalue weighted by atomic mass is 35.5. The standard InChI is InChI=1S/C18H16ClN3O5/c1-11(17(24)21-15-7-6-12(19)10-20-15)26-16(23)8-9-22-13-4-2-3-5-14(13)27-18(22)25/h2-7,10-11H,8-9H2,1H3,(H,20,21,24)/t11-/m0/s1. The van der Waals surface area contributed by atoms with E-state index in [-0.39, 0.29) is 13.0 Å². The molecule has 3 aromatic rings. The lowest BCUT2D eigenvalue weighted by molar-refractivity contribution is -0.153. The lowest BCUT2D eigenvalue weighted by Gasteiger charge is -2.13. The first-order valence-corrected chi connectivity index (χ1v) is 8.52. The monoisotopic (exact) mass is 389 g/mol. The van der Waals surface area contributed by atoms with Crippen LogP contribution >= 0.6 is 11.6 Å². The molecule has 1 aromatic carbocycles. The number of hydrogen-bond acceptors (Lipinski definition) is 6. The van der Waals surface area contributed by atoms with E-state index in [0.29, 0.717) is 21.9 Å². The molecule has 27 heavy (non-hydrogen) atoms. The SMILES string of the molecule is C[C@H](OC(=O)CCn1c(=O)oc2ccccc21)C(=O)Nc1ccc(Cl)cn1. The Morgan fingerprint density at radius 3 is 2.81 bits per heavy atom. The Hall–Kier alpha value is -3.13. The van der Waals surface area contributed by atoms with Gasteiger partial charge in [-0.1, -0.05) is 23.7 Å². The molecule has 0 saturated carbocycles. The van der Waals surface area contributed by atoms with Gasteiger partial charge in [-0.15, -0.1) is 0 Å². The van der Waals surface area contributed by atoms with Gasteiger partial charge in [0.2, 0.25) is 0 Å². The van der Waals surface area contributed by atoms with Crippen molar-refractivity contribution >= 4 is 40.4 Å². The first-order chi connectivity index (χ1) is 12.9. The summed E-state index contributed by atoms with van der Waals surface area (Å²) in [7, 11) is 0. The predicted molar refractivity (Wildman–Crippen MR) is 98.5 cm³/mol. The molecule has 0 saturated heterocycles. The van der Waals surface area contributed by atoms with Gasteiger partial charge >= 0.3 is 11.7 Å². The number of esters is 1. The van der Waals surface area contributed by atoms with Crippen LogP contribution in [0.5, 0.6) is 0 Å². The summed E-state index contributed by atoms with van der Waals surface area (Å²) in [6.45, 7) is 1.53. The summed E-state index contributed by atoms with van der Waals surface area (Å²) in [6, 6.07) is 10.0. The molecule has 0 bridgehead atoms. The van der Waals surface area contributed by atoms with Gasteiger partial charge in [-0.05, 0) is 31.2 Å². The second-order valence-corrected chi connectivity index (χ2v) is 6.16. The van der Waals surface area contributed by atoms with Gasteiger partial charge in [-0.2, -0.15) is 0 Å². The summed E-state index contributed by atoms with van der Waals surface area (Å²) < 4.78 is 11.6. The minimum atomic E-state index is -1.02. The van der Waals surface area contributed by atoms with E-state index < -0.39 is 23.7 Å². The largest absolute Gasteiger partial charge is 0.452 e. The average Bonchev–Trinajstić information content (AvgIpc) is 2.97. The number of hydrogen-bond donors (Lipinski definition) is 1. The second kappa shape index (κ2) is 8.05. The first-order valence-electron chi connectivity index (χ1n) is 8.14. The Balaban J connectivity index is 1.55. The lowest BCUT2D eigenvalue weighted by atomic mass is 10.3. The van der Waals surface area contributed by atoms with E-state index in [1.54, 1.807) is 30.3 Å². The Kier molecular flexibility index (Phi) is 5.56. The normalized spacial score (nSPS) is 11.9. The molecule has 0 fully saturated rings. The Morgan fingerprint density at radius 2 is 2.07 bits per heavy atom. The fourth-order valence-electron chi connectivity index (χ4n) is 2.42. The maximum Gasteiger partial charge on any atom is 0.419 e. The zero-order chi connectivity index (χ0) is 19.4. The highest BCUT2D eigenvalue weighted by molar-refractivity contribution is 6.30. The van der Waals surface area contributed by atoms with E-state index in [4.69, 9.17) is 20.8 Å². The van der Waals surface area contributed by atoms with Crippen molar-refractivity contribution in [2.45, 2.75) is 26.0 Å². The Morgan fingerprint density at radius 1 is 1.30 bits per heavy atom. The zero-order valence-corrected chi connectivity index (χ0v) is 15.1. The summed E-state index contributed by atoms with van der Waals surface area (Å²) in [5.74, 6) is -1.39. The molecule has 1 atom stereocenters. The van der Waals surface area contributed by atoms with Crippen molar-refractivity contribution in [2.24, 2.45) is 0 Å². The van der Waals surface area contributed by atoms with E-state index in [2.05, 4.69) is 10.3 Å². The molecule has 2 aromatic heterocycles. The molecule has 3 rings (SSSR count). The van der Waals surface area contributed by atoms with E-state index in [1.165, 1.54) is 23.8 Å². The molecule has 1 N–H and O–H groups in total. The number of aromatic nitrogens is 2. The highest BCUT2D eigenvalue weighted by Crippen LogP contribution is 2.13. The molecule has 0 aliphatic rings. The van der Waals surface area contributed by atoms with Gasteiger partial charge in [0.15, 0.2) is 11.7 Å². The molecule has 1 amide bonds. The molecule has 2 heterocycles. The van der Waals surface area contributed by atoms with Crippen molar-refractivity contribution in [1.29, 1.82) is 0 Å². The van der Waals surface area contributed by atoms with Crippen molar-refractivity contribution in [3.8, 4) is 0 Å². The van der Waals surface area contributed by atoms with Gasteiger partial charge in [-0.3, -0.25) is 14.2 Å². The maximum atomic E-state index is 12.1. The van der Waals surface area contributed by atoms with Crippen LogP contribution < -0.4 is 11.1 Å². The minimum Gasteiger partial charge on any atom is -0.452 e. The van der Waals surface area contributed by atoms with Crippen LogP contribution in [0.2, 0.25) is 5.02 Å². The maximum absolute atomic E-state index is 12.1. The van der Waals surface area contributed by atoms with Crippen LogP contribution in [-0.4, -0.2) is 27.5 Å². The molecule has 9 heteroatoms. The number of halogens is 1. The molecule has 0 spiro atoms. The van der Waals surface area contributed by atoms with Gasteiger partial charge in [0.05, 0.1) is 17.0 Å². The van der Waals surface area contributed by atoms with Crippen LogP contribution in [0, 0.1) is 0 Å². The van der Waals surface area contributed by atoms with Gasteiger partial charge in [0, 0.05) is 12.7 Å². The molecular formula is C18H16ClN3O5. The number of oxazole rings is 1. The number of amides is 1. The van der Waals surface area contributed by atoms with Gasteiger partial charge in [0.25, 0.3) is 5.91 Å².